The van der Waals surface area contributed by atoms with E-state index in [0.717, 1.165) is 31.4 Å². The van der Waals surface area contributed by atoms with Crippen LogP contribution in [0.15, 0.2) is 24.4 Å². The number of H-pyrrole nitrogens is 1. The van der Waals surface area contributed by atoms with Gasteiger partial charge < -0.3 is 19.9 Å². The highest BCUT2D eigenvalue weighted by Crippen LogP contribution is 2.40. The number of nitrogens with zero attached hydrogens (tertiary/aromatic N) is 2. The molecule has 0 saturated carbocycles. The summed E-state index contributed by atoms with van der Waals surface area (Å²) in [5.74, 6) is 0. The Morgan fingerprint density at radius 3 is 2.92 bits per heavy atom. The highest BCUT2D eigenvalue weighted by molar-refractivity contribution is 5.84. The molecule has 2 N–H and O–H groups in total. The normalized spacial score (nSPS) is 33.2. The molecule has 4 heterocycles. The van der Waals surface area contributed by atoms with Crippen molar-refractivity contribution in [2.75, 3.05) is 26.7 Å². The van der Waals surface area contributed by atoms with Crippen molar-refractivity contribution >= 4 is 10.9 Å². The maximum Gasteiger partial charge on any atom is 0.0923 e. The second-order valence-electron chi connectivity index (χ2n) is 8.87. The van der Waals surface area contributed by atoms with E-state index in [1.165, 1.54) is 55.2 Å². The van der Waals surface area contributed by atoms with Gasteiger partial charge in [0.15, 0.2) is 0 Å². The average molecular weight is 354 g/mol. The van der Waals surface area contributed by atoms with Gasteiger partial charge in [-0.15, -0.1) is 0 Å². The molecule has 3 fully saturated rings. The first kappa shape index (κ1) is 16.8. The summed E-state index contributed by atoms with van der Waals surface area (Å²) in [6.07, 6.45) is 10.2. The molecule has 0 spiro atoms. The molecule has 3 aliphatic heterocycles. The fourth-order valence-electron chi connectivity index (χ4n) is 5.63. The predicted octanol–water partition coefficient (Wildman–Crippen LogP) is 3.25. The smallest absolute Gasteiger partial charge is 0.0923 e. The molecule has 3 saturated heterocycles. The molecule has 1 aromatic heterocycles. The predicted molar refractivity (Wildman–Crippen MR) is 105 cm³/mol. The molecule has 0 radical (unpaired) electrons. The van der Waals surface area contributed by atoms with Crippen molar-refractivity contribution in [2.45, 2.75) is 62.6 Å². The number of aliphatic hydroxyl groups is 1. The van der Waals surface area contributed by atoms with E-state index in [2.05, 4.69) is 46.2 Å². The summed E-state index contributed by atoms with van der Waals surface area (Å²) in [5.41, 5.74) is 3.07. The number of benzene rings is 1. The van der Waals surface area contributed by atoms with Crippen LogP contribution in [0.5, 0.6) is 0 Å². The first-order valence-electron chi connectivity index (χ1n) is 10.4. The lowest BCUT2D eigenvalue weighted by Crippen LogP contribution is -2.45. The van der Waals surface area contributed by atoms with E-state index in [0.29, 0.717) is 12.1 Å². The number of aromatic nitrogens is 1. The third kappa shape index (κ3) is 2.79. The van der Waals surface area contributed by atoms with Gasteiger partial charge in [0.05, 0.1) is 5.60 Å². The Morgan fingerprint density at radius 2 is 2.08 bits per heavy atom. The molecule has 140 valence electrons. The van der Waals surface area contributed by atoms with Crippen LogP contribution >= 0.6 is 0 Å². The van der Waals surface area contributed by atoms with Gasteiger partial charge in [0.2, 0.25) is 0 Å². The van der Waals surface area contributed by atoms with Crippen LogP contribution in [0, 0.1) is 0 Å². The van der Waals surface area contributed by atoms with Gasteiger partial charge in [0.25, 0.3) is 0 Å². The van der Waals surface area contributed by atoms with E-state index in [-0.39, 0.29) is 0 Å². The van der Waals surface area contributed by atoms with Crippen LogP contribution in [0.4, 0.5) is 0 Å². The number of likely N-dealkylation sites (tertiary alicyclic amines) is 1. The van der Waals surface area contributed by atoms with Crippen molar-refractivity contribution in [1.82, 2.24) is 14.8 Å². The summed E-state index contributed by atoms with van der Waals surface area (Å²) in [7, 11) is 2.25. The molecule has 3 aliphatic rings. The first-order chi connectivity index (χ1) is 12.6. The van der Waals surface area contributed by atoms with Crippen LogP contribution in [-0.4, -0.2) is 58.7 Å². The second kappa shape index (κ2) is 6.36. The standard InChI is InChI=1S/C22H31N3O/c1-24-9-2-4-18(24)12-16-15-23-21-7-6-17(13-20(16)21)22(26)8-11-25-10-3-5-19(25)14-22/h6-7,13,15,18-19,23,26H,2-5,8-12,14H2,1H3/t18-,19?,22?/m1/s1. The Morgan fingerprint density at radius 1 is 1.19 bits per heavy atom. The van der Waals surface area contributed by atoms with Crippen molar-refractivity contribution in [3.8, 4) is 0 Å². The summed E-state index contributed by atoms with van der Waals surface area (Å²) in [4.78, 5) is 8.51. The van der Waals surface area contributed by atoms with E-state index in [9.17, 15) is 5.11 Å². The number of hydrogen-bond donors (Lipinski definition) is 2. The average Bonchev–Trinajstić information content (AvgIpc) is 3.36. The largest absolute Gasteiger partial charge is 0.385 e. The number of hydrogen-bond acceptors (Lipinski definition) is 3. The topological polar surface area (TPSA) is 42.5 Å². The van der Waals surface area contributed by atoms with Crippen LogP contribution in [0.1, 0.15) is 49.7 Å². The molecule has 0 aliphatic carbocycles. The molecule has 0 amide bonds. The first-order valence-corrected chi connectivity index (χ1v) is 10.4. The zero-order valence-corrected chi connectivity index (χ0v) is 15.9. The van der Waals surface area contributed by atoms with Gasteiger partial charge in [0.1, 0.15) is 0 Å². The van der Waals surface area contributed by atoms with Gasteiger partial charge in [-0.2, -0.15) is 0 Å². The van der Waals surface area contributed by atoms with Crippen LogP contribution in [-0.2, 0) is 12.0 Å². The molecule has 2 unspecified atom stereocenters. The van der Waals surface area contributed by atoms with Crippen LogP contribution < -0.4 is 0 Å². The summed E-state index contributed by atoms with van der Waals surface area (Å²) >= 11 is 0. The Kier molecular flexibility index (Phi) is 4.11. The molecule has 5 rings (SSSR count). The molecular weight excluding hydrogens is 322 g/mol. The van der Waals surface area contributed by atoms with Gasteiger partial charge in [-0.3, -0.25) is 0 Å². The second-order valence-corrected chi connectivity index (χ2v) is 8.87. The quantitative estimate of drug-likeness (QED) is 0.890. The SMILES string of the molecule is CN1CCC[C@@H]1Cc1c[nH]c2ccc(C3(O)CCN4CCCC4C3)cc12. The van der Waals surface area contributed by atoms with Crippen molar-refractivity contribution in [3.05, 3.63) is 35.5 Å². The zero-order valence-electron chi connectivity index (χ0n) is 15.9. The maximum atomic E-state index is 11.5. The molecule has 26 heavy (non-hydrogen) atoms. The lowest BCUT2D eigenvalue weighted by atomic mass is 9.80. The van der Waals surface area contributed by atoms with Gasteiger partial charge in [-0.05, 0) is 88.3 Å². The Bertz CT molecular complexity index is 800. The Balaban J connectivity index is 1.44. The number of fused-ring (bicyclic) bond motifs is 2. The molecule has 4 heteroatoms. The monoisotopic (exact) mass is 353 g/mol. The summed E-state index contributed by atoms with van der Waals surface area (Å²) in [6, 6.07) is 7.83. The van der Waals surface area contributed by atoms with E-state index in [1.54, 1.807) is 0 Å². The maximum absolute atomic E-state index is 11.5. The minimum atomic E-state index is -0.654. The molecule has 1 aromatic carbocycles. The van der Waals surface area contributed by atoms with Gasteiger partial charge in [-0.1, -0.05) is 6.07 Å². The van der Waals surface area contributed by atoms with E-state index in [1.807, 2.05) is 0 Å². The molecule has 0 bridgehead atoms. The number of rotatable bonds is 3. The zero-order chi connectivity index (χ0) is 17.7. The molecule has 4 nitrogen and oxygen atoms in total. The number of nitrogens with one attached hydrogen (secondary N) is 1. The van der Waals surface area contributed by atoms with E-state index < -0.39 is 5.60 Å². The third-order valence-electron chi connectivity index (χ3n) is 7.32. The molecule has 2 aromatic rings. The summed E-state index contributed by atoms with van der Waals surface area (Å²) in [5, 5.41) is 12.8. The fourth-order valence-corrected chi connectivity index (χ4v) is 5.63. The fraction of sp³-hybridized carbons (Fsp3) is 0.636. The highest BCUT2D eigenvalue weighted by atomic mass is 16.3. The van der Waals surface area contributed by atoms with Crippen molar-refractivity contribution < 1.29 is 5.11 Å². The van der Waals surface area contributed by atoms with Crippen molar-refractivity contribution in [3.63, 3.8) is 0 Å². The number of likely N-dealkylation sites (N-methyl/N-ethyl adjacent to an activating group) is 1. The third-order valence-corrected chi connectivity index (χ3v) is 7.32. The van der Waals surface area contributed by atoms with Crippen molar-refractivity contribution in [1.29, 1.82) is 0 Å². The Labute approximate surface area is 156 Å². The lowest BCUT2D eigenvalue weighted by molar-refractivity contribution is -0.0408. The van der Waals surface area contributed by atoms with Gasteiger partial charge in [-0.25, -0.2) is 0 Å². The lowest BCUT2D eigenvalue weighted by Gasteiger charge is -2.41. The van der Waals surface area contributed by atoms with Gasteiger partial charge in [0, 0.05) is 35.7 Å². The minimum absolute atomic E-state index is 0.572. The molecular formula is C22H31N3O. The van der Waals surface area contributed by atoms with Gasteiger partial charge >= 0.3 is 0 Å². The minimum Gasteiger partial charge on any atom is -0.385 e. The number of aromatic amines is 1. The highest BCUT2D eigenvalue weighted by Gasteiger charge is 2.41. The van der Waals surface area contributed by atoms with Crippen LogP contribution in [0.2, 0.25) is 0 Å². The van der Waals surface area contributed by atoms with E-state index >= 15 is 0 Å². The number of piperidine rings is 1. The van der Waals surface area contributed by atoms with Crippen LogP contribution in [0.25, 0.3) is 10.9 Å². The van der Waals surface area contributed by atoms with Crippen molar-refractivity contribution in [2.24, 2.45) is 0 Å². The summed E-state index contributed by atoms with van der Waals surface area (Å²) < 4.78 is 0. The van der Waals surface area contributed by atoms with E-state index in [4.69, 9.17) is 0 Å². The molecule has 3 atom stereocenters. The van der Waals surface area contributed by atoms with Crippen LogP contribution in [0.3, 0.4) is 0 Å². The Hall–Kier alpha value is -1.36. The summed E-state index contributed by atoms with van der Waals surface area (Å²) in [6.45, 7) is 3.47.